The Morgan fingerprint density at radius 2 is 1.92 bits per heavy atom. The molecule has 4 aliphatic rings. The molecule has 1 amide bonds. The second kappa shape index (κ2) is 5.09. The summed E-state index contributed by atoms with van der Waals surface area (Å²) in [6, 6.07) is 9.68. The van der Waals surface area contributed by atoms with Gasteiger partial charge in [-0.2, -0.15) is 5.26 Å². The minimum atomic E-state index is -0.157. The molecule has 0 saturated heterocycles. The number of amides is 1. The molecule has 24 heavy (non-hydrogen) atoms. The van der Waals surface area contributed by atoms with E-state index < -0.39 is 0 Å². The molecule has 1 aromatic rings. The first-order valence-corrected chi connectivity index (χ1v) is 9.11. The van der Waals surface area contributed by atoms with Gasteiger partial charge >= 0.3 is 0 Å². The Kier molecular flexibility index (Phi) is 3.33. The molecule has 126 valence electrons. The zero-order valence-electron chi connectivity index (χ0n) is 14.7. The van der Waals surface area contributed by atoms with Crippen LogP contribution >= 0.6 is 0 Å². The number of nitrogens with zero attached hydrogens (tertiary/aromatic N) is 1. The third kappa shape index (κ3) is 2.53. The number of nitriles is 1. The van der Waals surface area contributed by atoms with Gasteiger partial charge in [0.15, 0.2) is 0 Å². The van der Waals surface area contributed by atoms with Gasteiger partial charge in [0, 0.05) is 6.54 Å². The number of hydrogen-bond donors (Lipinski definition) is 1. The van der Waals surface area contributed by atoms with E-state index in [1.54, 1.807) is 6.07 Å². The van der Waals surface area contributed by atoms with Gasteiger partial charge in [0.05, 0.1) is 17.0 Å². The summed E-state index contributed by atoms with van der Waals surface area (Å²) < 4.78 is 0. The lowest BCUT2D eigenvalue weighted by Crippen LogP contribution is -2.59. The van der Waals surface area contributed by atoms with E-state index in [2.05, 4.69) is 25.2 Å². The van der Waals surface area contributed by atoms with Crippen molar-refractivity contribution in [3.05, 3.63) is 35.4 Å². The maximum absolute atomic E-state index is 13.1. The van der Waals surface area contributed by atoms with E-state index in [1.807, 2.05) is 18.2 Å². The van der Waals surface area contributed by atoms with Crippen LogP contribution in [0, 0.1) is 33.5 Å². The van der Waals surface area contributed by atoms with Crippen molar-refractivity contribution in [3.8, 4) is 6.07 Å². The second-order valence-electron chi connectivity index (χ2n) is 9.41. The molecule has 0 spiro atoms. The molecule has 0 radical (unpaired) electrons. The van der Waals surface area contributed by atoms with E-state index in [4.69, 9.17) is 5.26 Å². The molecule has 2 atom stereocenters. The minimum absolute atomic E-state index is 0.157. The van der Waals surface area contributed by atoms with Crippen LogP contribution in [0.5, 0.6) is 0 Å². The van der Waals surface area contributed by atoms with Crippen LogP contribution in [0.2, 0.25) is 0 Å². The molecule has 0 aliphatic heterocycles. The summed E-state index contributed by atoms with van der Waals surface area (Å²) in [5.41, 5.74) is 2.20. The Bertz CT molecular complexity index is 714. The highest BCUT2D eigenvalue weighted by Crippen LogP contribution is 2.69. The van der Waals surface area contributed by atoms with Crippen LogP contribution in [0.15, 0.2) is 24.3 Å². The molecule has 3 nitrogen and oxygen atoms in total. The highest BCUT2D eigenvalue weighted by Gasteiger charge is 2.62. The minimum Gasteiger partial charge on any atom is -0.352 e. The van der Waals surface area contributed by atoms with Gasteiger partial charge in [-0.05, 0) is 73.0 Å². The van der Waals surface area contributed by atoms with Crippen LogP contribution in [-0.2, 0) is 11.3 Å². The molecule has 4 aliphatic carbocycles. The van der Waals surface area contributed by atoms with E-state index in [0.717, 1.165) is 30.7 Å². The predicted molar refractivity (Wildman–Crippen MR) is 92.8 cm³/mol. The summed E-state index contributed by atoms with van der Waals surface area (Å²) in [4.78, 5) is 13.1. The first-order chi connectivity index (χ1) is 11.3. The Labute approximate surface area is 144 Å². The van der Waals surface area contributed by atoms with Crippen molar-refractivity contribution in [3.63, 3.8) is 0 Å². The van der Waals surface area contributed by atoms with E-state index in [-0.39, 0.29) is 11.3 Å². The molecule has 4 saturated carbocycles. The van der Waals surface area contributed by atoms with Gasteiger partial charge in [-0.25, -0.2) is 0 Å². The van der Waals surface area contributed by atoms with Crippen LogP contribution in [0.3, 0.4) is 0 Å². The fraction of sp³-hybridized carbons (Fsp3) is 0.619. The van der Waals surface area contributed by atoms with Gasteiger partial charge in [-0.15, -0.1) is 0 Å². The van der Waals surface area contributed by atoms with Gasteiger partial charge in [-0.1, -0.05) is 26.0 Å². The fourth-order valence-corrected chi connectivity index (χ4v) is 6.82. The maximum atomic E-state index is 13.1. The van der Waals surface area contributed by atoms with Crippen LogP contribution in [0.25, 0.3) is 0 Å². The van der Waals surface area contributed by atoms with E-state index in [9.17, 15) is 4.79 Å². The second-order valence-corrected chi connectivity index (χ2v) is 9.41. The molecule has 0 heterocycles. The first kappa shape index (κ1) is 15.7. The van der Waals surface area contributed by atoms with E-state index in [0.29, 0.717) is 22.9 Å². The summed E-state index contributed by atoms with van der Waals surface area (Å²) in [5.74, 6) is 0.968. The number of carbonyl (C=O) groups excluding carboxylic acids is 1. The lowest BCUT2D eigenvalue weighted by molar-refractivity contribution is -0.170. The number of nitrogens with one attached hydrogen (secondary N) is 1. The van der Waals surface area contributed by atoms with E-state index in [1.165, 1.54) is 19.3 Å². The zero-order chi connectivity index (χ0) is 17.0. The smallest absolute Gasteiger partial charge is 0.226 e. The Balaban J connectivity index is 1.51. The Morgan fingerprint density at radius 1 is 1.21 bits per heavy atom. The molecule has 3 heteroatoms. The van der Waals surface area contributed by atoms with Crippen LogP contribution in [0.4, 0.5) is 0 Å². The van der Waals surface area contributed by atoms with E-state index >= 15 is 0 Å². The summed E-state index contributed by atoms with van der Waals surface area (Å²) in [6.45, 7) is 5.32. The zero-order valence-corrected chi connectivity index (χ0v) is 14.7. The summed E-state index contributed by atoms with van der Waals surface area (Å²) >= 11 is 0. The molecule has 2 unspecified atom stereocenters. The number of benzene rings is 1. The molecule has 1 N–H and O–H groups in total. The monoisotopic (exact) mass is 322 g/mol. The molecule has 0 aromatic heterocycles. The van der Waals surface area contributed by atoms with Crippen LogP contribution in [-0.4, -0.2) is 5.91 Å². The van der Waals surface area contributed by atoms with Crippen molar-refractivity contribution >= 4 is 5.91 Å². The number of rotatable bonds is 3. The highest BCUT2D eigenvalue weighted by atomic mass is 16.2. The molecular formula is C21H26N2O. The van der Waals surface area contributed by atoms with Crippen molar-refractivity contribution in [1.29, 1.82) is 5.26 Å². The lowest BCUT2D eigenvalue weighted by atomic mass is 9.40. The highest BCUT2D eigenvalue weighted by molar-refractivity contribution is 5.83. The van der Waals surface area contributed by atoms with Crippen LogP contribution in [0.1, 0.15) is 63.5 Å². The quantitative estimate of drug-likeness (QED) is 0.908. The third-order valence-electron chi connectivity index (χ3n) is 6.62. The molecular weight excluding hydrogens is 296 g/mol. The molecule has 1 aromatic carbocycles. The van der Waals surface area contributed by atoms with Gasteiger partial charge < -0.3 is 5.32 Å². The number of hydrogen-bond acceptors (Lipinski definition) is 2. The average Bonchev–Trinajstić information content (AvgIpc) is 2.49. The van der Waals surface area contributed by atoms with Crippen molar-refractivity contribution in [2.24, 2.45) is 22.2 Å². The standard InChI is InChI=1S/C21H26N2O/c1-19-7-17-8-20(2,12-19)14-21(9-17,13-19)18(24)23-11-16-5-3-4-15(6-16)10-22/h3-6,17H,7-9,11-14H2,1-2H3,(H,23,24). The third-order valence-corrected chi connectivity index (χ3v) is 6.62. The average molecular weight is 322 g/mol. The Hall–Kier alpha value is -1.82. The van der Waals surface area contributed by atoms with Crippen molar-refractivity contribution in [2.45, 2.75) is 58.9 Å². The van der Waals surface area contributed by atoms with Crippen LogP contribution < -0.4 is 5.32 Å². The predicted octanol–water partition coefficient (Wildman–Crippen LogP) is 4.17. The Morgan fingerprint density at radius 3 is 2.54 bits per heavy atom. The molecule has 5 rings (SSSR count). The summed E-state index contributed by atoms with van der Waals surface area (Å²) in [7, 11) is 0. The van der Waals surface area contributed by atoms with Crippen molar-refractivity contribution in [1.82, 2.24) is 5.32 Å². The SMILES string of the molecule is CC12CC3CC(C)(C1)CC(C(=O)NCc1cccc(C#N)c1)(C3)C2. The van der Waals surface area contributed by atoms with Gasteiger partial charge in [0.1, 0.15) is 0 Å². The molecule has 4 bridgehead atoms. The lowest BCUT2D eigenvalue weighted by Gasteiger charge is -2.64. The van der Waals surface area contributed by atoms with Gasteiger partial charge in [0.25, 0.3) is 0 Å². The molecule has 4 fully saturated rings. The number of carbonyl (C=O) groups is 1. The van der Waals surface area contributed by atoms with Crippen molar-refractivity contribution < 1.29 is 4.79 Å². The van der Waals surface area contributed by atoms with Gasteiger partial charge in [0.2, 0.25) is 5.91 Å². The topological polar surface area (TPSA) is 52.9 Å². The van der Waals surface area contributed by atoms with Crippen molar-refractivity contribution in [2.75, 3.05) is 0 Å². The summed E-state index contributed by atoms with van der Waals surface area (Å²) in [5, 5.41) is 12.2. The first-order valence-electron chi connectivity index (χ1n) is 9.11. The largest absolute Gasteiger partial charge is 0.352 e. The summed E-state index contributed by atoms with van der Waals surface area (Å²) in [6.07, 6.45) is 7.08. The van der Waals surface area contributed by atoms with Gasteiger partial charge in [-0.3, -0.25) is 4.79 Å². The fourth-order valence-electron chi connectivity index (χ4n) is 6.82. The maximum Gasteiger partial charge on any atom is 0.226 e. The normalized spacial score (nSPS) is 39.5.